The molecule has 0 bridgehead atoms. The second kappa shape index (κ2) is 3.82. The van der Waals surface area contributed by atoms with Gasteiger partial charge < -0.3 is 19.7 Å². The Morgan fingerprint density at radius 3 is 2.71 bits per heavy atom. The molecule has 0 fully saturated rings. The largest absolute Gasteiger partial charge is 0.507 e. The van der Waals surface area contributed by atoms with E-state index in [4.69, 9.17) is 14.6 Å². The van der Waals surface area contributed by atoms with Crippen LogP contribution in [0, 0.1) is 0 Å². The first-order valence-corrected chi connectivity index (χ1v) is 5.44. The Labute approximate surface area is 98.0 Å². The lowest BCUT2D eigenvalue weighted by atomic mass is 10.0. The number of ether oxygens (including phenoxy) is 2. The summed E-state index contributed by atoms with van der Waals surface area (Å²) in [4.78, 5) is 0. The van der Waals surface area contributed by atoms with Crippen molar-refractivity contribution in [2.45, 2.75) is 6.61 Å². The van der Waals surface area contributed by atoms with E-state index < -0.39 is 0 Å². The van der Waals surface area contributed by atoms with Gasteiger partial charge in [-0.15, -0.1) is 0 Å². The molecule has 0 aliphatic carbocycles. The number of benzene rings is 2. The molecule has 0 saturated heterocycles. The molecule has 0 spiro atoms. The maximum Gasteiger partial charge on any atom is 0.169 e. The van der Waals surface area contributed by atoms with E-state index in [1.807, 2.05) is 6.07 Å². The SMILES string of the molecule is OCc1cc(O)c2ccc3c(c2c1)OCCO3. The van der Waals surface area contributed by atoms with Crippen molar-refractivity contribution in [3.8, 4) is 17.2 Å². The Morgan fingerprint density at radius 2 is 1.88 bits per heavy atom. The van der Waals surface area contributed by atoms with Crippen LogP contribution in [0.25, 0.3) is 10.8 Å². The second-order valence-corrected chi connectivity index (χ2v) is 3.96. The van der Waals surface area contributed by atoms with Gasteiger partial charge in [0.2, 0.25) is 0 Å². The molecule has 2 aromatic carbocycles. The molecule has 0 radical (unpaired) electrons. The van der Waals surface area contributed by atoms with E-state index in [2.05, 4.69) is 0 Å². The highest BCUT2D eigenvalue weighted by Gasteiger charge is 2.16. The van der Waals surface area contributed by atoms with Crippen LogP contribution in [0.1, 0.15) is 5.56 Å². The highest BCUT2D eigenvalue weighted by atomic mass is 16.6. The average Bonchev–Trinajstić information content (AvgIpc) is 2.38. The average molecular weight is 232 g/mol. The molecule has 4 heteroatoms. The van der Waals surface area contributed by atoms with E-state index in [1.165, 1.54) is 0 Å². The molecule has 3 rings (SSSR count). The zero-order chi connectivity index (χ0) is 11.8. The van der Waals surface area contributed by atoms with Crippen LogP contribution in [0.5, 0.6) is 17.2 Å². The molecule has 0 amide bonds. The molecule has 0 atom stereocenters. The third-order valence-corrected chi connectivity index (χ3v) is 2.86. The molecule has 0 aromatic heterocycles. The van der Waals surface area contributed by atoms with Crippen molar-refractivity contribution in [1.82, 2.24) is 0 Å². The number of phenols is 1. The van der Waals surface area contributed by atoms with E-state index >= 15 is 0 Å². The Morgan fingerprint density at radius 1 is 1.06 bits per heavy atom. The fourth-order valence-corrected chi connectivity index (χ4v) is 2.08. The van der Waals surface area contributed by atoms with Crippen LogP contribution in [-0.2, 0) is 6.61 Å². The van der Waals surface area contributed by atoms with Crippen LogP contribution in [0.2, 0.25) is 0 Å². The zero-order valence-electron chi connectivity index (χ0n) is 9.14. The summed E-state index contributed by atoms with van der Waals surface area (Å²) >= 11 is 0. The molecule has 0 unspecified atom stereocenters. The summed E-state index contributed by atoms with van der Waals surface area (Å²) in [5.41, 5.74) is 0.651. The first kappa shape index (κ1) is 10.2. The van der Waals surface area contributed by atoms with Gasteiger partial charge in [0.1, 0.15) is 19.0 Å². The van der Waals surface area contributed by atoms with Crippen molar-refractivity contribution < 1.29 is 19.7 Å². The first-order chi connectivity index (χ1) is 8.29. The van der Waals surface area contributed by atoms with Crippen LogP contribution in [-0.4, -0.2) is 23.4 Å². The molecule has 1 aliphatic heterocycles. The van der Waals surface area contributed by atoms with Crippen molar-refractivity contribution in [2.75, 3.05) is 13.2 Å². The van der Waals surface area contributed by atoms with Gasteiger partial charge in [-0.25, -0.2) is 0 Å². The summed E-state index contributed by atoms with van der Waals surface area (Å²) in [6.45, 7) is 0.911. The Bertz CT molecular complexity index is 577. The number of phenolic OH excluding ortho intramolecular Hbond substituents is 1. The van der Waals surface area contributed by atoms with Crippen molar-refractivity contribution in [3.63, 3.8) is 0 Å². The minimum atomic E-state index is -0.117. The minimum Gasteiger partial charge on any atom is -0.507 e. The Kier molecular flexibility index (Phi) is 2.30. The maximum absolute atomic E-state index is 9.88. The smallest absolute Gasteiger partial charge is 0.169 e. The number of rotatable bonds is 1. The molecular formula is C13H12O4. The summed E-state index contributed by atoms with van der Waals surface area (Å²) < 4.78 is 11.0. The lowest BCUT2D eigenvalue weighted by Crippen LogP contribution is -2.15. The Hall–Kier alpha value is -1.94. The lowest BCUT2D eigenvalue weighted by molar-refractivity contribution is 0.174. The van der Waals surface area contributed by atoms with Gasteiger partial charge in [0.05, 0.1) is 6.61 Å². The normalized spacial score (nSPS) is 13.9. The molecule has 17 heavy (non-hydrogen) atoms. The van der Waals surface area contributed by atoms with Crippen LogP contribution in [0.15, 0.2) is 24.3 Å². The number of hydrogen-bond acceptors (Lipinski definition) is 4. The number of fused-ring (bicyclic) bond motifs is 3. The number of aromatic hydroxyl groups is 1. The van der Waals surface area contributed by atoms with Crippen LogP contribution in [0.3, 0.4) is 0 Å². The maximum atomic E-state index is 9.88. The first-order valence-electron chi connectivity index (χ1n) is 5.44. The van der Waals surface area contributed by atoms with Gasteiger partial charge in [-0.2, -0.15) is 0 Å². The van der Waals surface area contributed by atoms with Crippen molar-refractivity contribution in [3.05, 3.63) is 29.8 Å². The summed E-state index contributed by atoms with van der Waals surface area (Å²) in [7, 11) is 0. The molecule has 4 nitrogen and oxygen atoms in total. The van der Waals surface area contributed by atoms with E-state index in [-0.39, 0.29) is 12.4 Å². The molecular weight excluding hydrogens is 220 g/mol. The van der Waals surface area contributed by atoms with E-state index in [0.29, 0.717) is 35.7 Å². The lowest BCUT2D eigenvalue weighted by Gasteiger charge is -2.20. The number of aliphatic hydroxyl groups is 1. The summed E-state index contributed by atoms with van der Waals surface area (Å²) in [5, 5.41) is 20.5. The fourth-order valence-electron chi connectivity index (χ4n) is 2.08. The van der Waals surface area contributed by atoms with Gasteiger partial charge in [0.15, 0.2) is 11.5 Å². The van der Waals surface area contributed by atoms with Gasteiger partial charge in [0, 0.05) is 10.8 Å². The highest BCUT2D eigenvalue weighted by Crippen LogP contribution is 2.41. The summed E-state index contributed by atoms with van der Waals surface area (Å²) in [6.07, 6.45) is 0. The van der Waals surface area contributed by atoms with Gasteiger partial charge in [-0.05, 0) is 29.8 Å². The third-order valence-electron chi connectivity index (χ3n) is 2.86. The van der Waals surface area contributed by atoms with Crippen LogP contribution < -0.4 is 9.47 Å². The second-order valence-electron chi connectivity index (χ2n) is 3.96. The minimum absolute atomic E-state index is 0.117. The van der Waals surface area contributed by atoms with E-state index in [9.17, 15) is 5.11 Å². The fraction of sp³-hybridized carbons (Fsp3) is 0.231. The van der Waals surface area contributed by atoms with Gasteiger partial charge in [0.25, 0.3) is 0 Å². The predicted octanol–water partition coefficient (Wildman–Crippen LogP) is 1.81. The Balaban J connectivity index is 2.33. The predicted molar refractivity (Wildman–Crippen MR) is 62.5 cm³/mol. The van der Waals surface area contributed by atoms with Gasteiger partial charge in [-0.3, -0.25) is 0 Å². The molecule has 1 heterocycles. The molecule has 2 N–H and O–H groups in total. The van der Waals surface area contributed by atoms with E-state index in [1.54, 1.807) is 18.2 Å². The molecule has 2 aromatic rings. The highest BCUT2D eigenvalue weighted by molar-refractivity contribution is 5.95. The van der Waals surface area contributed by atoms with Gasteiger partial charge >= 0.3 is 0 Å². The molecule has 1 aliphatic rings. The van der Waals surface area contributed by atoms with Crippen molar-refractivity contribution in [1.29, 1.82) is 0 Å². The molecule has 0 saturated carbocycles. The number of hydrogen-bond donors (Lipinski definition) is 2. The van der Waals surface area contributed by atoms with E-state index in [0.717, 1.165) is 5.39 Å². The summed E-state index contributed by atoms with van der Waals surface area (Å²) in [5.74, 6) is 1.46. The van der Waals surface area contributed by atoms with Crippen LogP contribution in [0.4, 0.5) is 0 Å². The third kappa shape index (κ3) is 1.57. The summed E-state index contributed by atoms with van der Waals surface area (Å²) in [6, 6.07) is 6.94. The standard InChI is InChI=1S/C13H12O4/c14-7-8-5-10-9(11(15)6-8)1-2-12-13(10)17-4-3-16-12/h1-2,5-6,14-15H,3-4,7H2. The monoisotopic (exact) mass is 232 g/mol. The molecule has 88 valence electrons. The topological polar surface area (TPSA) is 58.9 Å². The quantitative estimate of drug-likeness (QED) is 0.787. The number of aliphatic hydroxyl groups excluding tert-OH is 1. The van der Waals surface area contributed by atoms with Crippen molar-refractivity contribution in [2.24, 2.45) is 0 Å². The van der Waals surface area contributed by atoms with Gasteiger partial charge in [-0.1, -0.05) is 0 Å². The zero-order valence-corrected chi connectivity index (χ0v) is 9.14. The van der Waals surface area contributed by atoms with Crippen LogP contribution >= 0.6 is 0 Å². The van der Waals surface area contributed by atoms with Crippen molar-refractivity contribution >= 4 is 10.8 Å².